The lowest BCUT2D eigenvalue weighted by atomic mass is 10.2. The second kappa shape index (κ2) is 9.81. The predicted molar refractivity (Wildman–Crippen MR) is 113 cm³/mol. The summed E-state index contributed by atoms with van der Waals surface area (Å²) in [6.07, 6.45) is 0.600. The third-order valence-electron chi connectivity index (χ3n) is 3.80. The number of guanidine groups is 1. The zero-order valence-corrected chi connectivity index (χ0v) is 19.1. The number of methoxy groups -OCH3 is 2. The summed E-state index contributed by atoms with van der Waals surface area (Å²) < 4.78 is 34.5. The number of hydrogen-bond donors (Lipinski definition) is 2. The van der Waals surface area contributed by atoms with Crippen LogP contribution in [0.2, 0.25) is 0 Å². The van der Waals surface area contributed by atoms with Crippen molar-refractivity contribution in [2.45, 2.75) is 19.0 Å². The van der Waals surface area contributed by atoms with Crippen LogP contribution in [0.3, 0.4) is 0 Å². The normalized spacial score (nSPS) is 19.0. The van der Waals surface area contributed by atoms with Crippen molar-refractivity contribution in [3.05, 3.63) is 22.2 Å². The van der Waals surface area contributed by atoms with Crippen molar-refractivity contribution in [1.82, 2.24) is 10.6 Å². The average Bonchev–Trinajstić information content (AvgIpc) is 2.90. The molecular formula is C15H23BrIN3O4S. The first-order valence-corrected chi connectivity index (χ1v) is 10.1. The van der Waals surface area contributed by atoms with E-state index in [1.165, 1.54) is 0 Å². The molecule has 1 saturated heterocycles. The topological polar surface area (TPSA) is 89.0 Å². The Labute approximate surface area is 174 Å². The van der Waals surface area contributed by atoms with E-state index in [-0.39, 0.29) is 41.5 Å². The molecule has 142 valence electrons. The first-order valence-electron chi connectivity index (χ1n) is 7.46. The molecule has 0 bridgehead atoms. The van der Waals surface area contributed by atoms with Crippen molar-refractivity contribution in [2.75, 3.05) is 32.8 Å². The van der Waals surface area contributed by atoms with Crippen LogP contribution in [0.25, 0.3) is 0 Å². The summed E-state index contributed by atoms with van der Waals surface area (Å²) in [6, 6.07) is 3.62. The Morgan fingerprint density at radius 2 is 1.96 bits per heavy atom. The van der Waals surface area contributed by atoms with E-state index >= 15 is 0 Å². The molecule has 7 nitrogen and oxygen atoms in total. The maximum atomic E-state index is 11.5. The largest absolute Gasteiger partial charge is 0.493 e. The van der Waals surface area contributed by atoms with E-state index in [9.17, 15) is 8.42 Å². The Hall–Kier alpha value is -0.750. The number of aliphatic imine (C=N–C) groups is 1. The van der Waals surface area contributed by atoms with Crippen molar-refractivity contribution in [3.63, 3.8) is 0 Å². The van der Waals surface area contributed by atoms with Crippen LogP contribution in [-0.2, 0) is 16.4 Å². The molecule has 0 aromatic heterocycles. The lowest BCUT2D eigenvalue weighted by molar-refractivity contribution is 0.354. The third kappa shape index (κ3) is 6.17. The summed E-state index contributed by atoms with van der Waals surface area (Å²) in [5, 5.41) is 6.34. The van der Waals surface area contributed by atoms with Gasteiger partial charge in [0.2, 0.25) is 0 Å². The second-order valence-electron chi connectivity index (χ2n) is 5.47. The quantitative estimate of drug-likeness (QED) is 0.333. The molecule has 1 aromatic carbocycles. The number of ether oxygens (including phenoxy) is 2. The number of halogens is 2. The van der Waals surface area contributed by atoms with Crippen LogP contribution in [0.4, 0.5) is 0 Å². The van der Waals surface area contributed by atoms with Gasteiger partial charge < -0.3 is 20.1 Å². The van der Waals surface area contributed by atoms with Crippen molar-refractivity contribution in [2.24, 2.45) is 4.99 Å². The monoisotopic (exact) mass is 547 g/mol. The molecule has 2 N–H and O–H groups in total. The molecule has 2 rings (SSSR count). The number of rotatable bonds is 5. The van der Waals surface area contributed by atoms with Crippen LogP contribution in [0.5, 0.6) is 11.5 Å². The van der Waals surface area contributed by atoms with Gasteiger partial charge in [0.05, 0.1) is 25.7 Å². The summed E-state index contributed by atoms with van der Waals surface area (Å²) in [6.45, 7) is 0.500. The molecule has 0 saturated carbocycles. The molecule has 0 radical (unpaired) electrons. The standard InChI is InChI=1S/C15H22BrN3O4S.HI/c1-17-15(19-11-4-5-24(20,21)9-11)18-8-10-6-13(22-2)14(23-3)7-12(10)16;/h6-7,11H,4-5,8-9H2,1-3H3,(H2,17,18,19);1H. The molecule has 0 spiro atoms. The Balaban J connectivity index is 0.00000312. The smallest absolute Gasteiger partial charge is 0.191 e. The average molecular weight is 548 g/mol. The van der Waals surface area contributed by atoms with Gasteiger partial charge in [-0.15, -0.1) is 24.0 Å². The summed E-state index contributed by atoms with van der Waals surface area (Å²) in [5.41, 5.74) is 0.967. The number of benzene rings is 1. The van der Waals surface area contributed by atoms with Crippen molar-refractivity contribution < 1.29 is 17.9 Å². The predicted octanol–water partition coefficient (Wildman–Crippen LogP) is 1.94. The molecule has 1 fully saturated rings. The highest BCUT2D eigenvalue weighted by atomic mass is 127. The van der Waals surface area contributed by atoms with Crippen LogP contribution in [0.1, 0.15) is 12.0 Å². The van der Waals surface area contributed by atoms with E-state index in [0.717, 1.165) is 10.0 Å². The van der Waals surface area contributed by atoms with Gasteiger partial charge in [-0.1, -0.05) is 15.9 Å². The first kappa shape index (κ1) is 22.3. The molecule has 0 amide bonds. The number of sulfone groups is 1. The number of nitrogens with zero attached hydrogens (tertiary/aromatic N) is 1. The SMILES string of the molecule is CN=C(NCc1cc(OC)c(OC)cc1Br)NC1CCS(=O)(=O)C1.I. The lowest BCUT2D eigenvalue weighted by Gasteiger charge is -2.17. The van der Waals surface area contributed by atoms with E-state index in [1.54, 1.807) is 21.3 Å². The Morgan fingerprint density at radius 1 is 1.32 bits per heavy atom. The van der Waals surface area contributed by atoms with Gasteiger partial charge >= 0.3 is 0 Å². The highest BCUT2D eigenvalue weighted by Gasteiger charge is 2.28. The van der Waals surface area contributed by atoms with Gasteiger partial charge in [-0.25, -0.2) is 8.42 Å². The van der Waals surface area contributed by atoms with Crippen LogP contribution in [-0.4, -0.2) is 53.2 Å². The van der Waals surface area contributed by atoms with Crippen LogP contribution in [0.15, 0.2) is 21.6 Å². The van der Waals surface area contributed by atoms with E-state index in [1.807, 2.05) is 12.1 Å². The summed E-state index contributed by atoms with van der Waals surface area (Å²) in [4.78, 5) is 4.15. The van der Waals surface area contributed by atoms with Gasteiger partial charge in [-0.05, 0) is 24.1 Å². The maximum Gasteiger partial charge on any atom is 0.191 e. The summed E-state index contributed by atoms with van der Waals surface area (Å²) in [7, 11) is 1.91. The molecule has 1 unspecified atom stereocenters. The van der Waals surface area contributed by atoms with Crippen molar-refractivity contribution in [3.8, 4) is 11.5 Å². The fourth-order valence-corrected chi connectivity index (χ4v) is 4.64. The second-order valence-corrected chi connectivity index (χ2v) is 8.55. The summed E-state index contributed by atoms with van der Waals surface area (Å²) >= 11 is 3.51. The minimum atomic E-state index is -2.92. The van der Waals surface area contributed by atoms with E-state index in [4.69, 9.17) is 9.47 Å². The molecule has 0 aliphatic carbocycles. The van der Waals surface area contributed by atoms with Crippen molar-refractivity contribution >= 4 is 55.7 Å². The highest BCUT2D eigenvalue weighted by Crippen LogP contribution is 2.33. The van der Waals surface area contributed by atoms with E-state index in [0.29, 0.717) is 30.4 Å². The van der Waals surface area contributed by atoms with Crippen LogP contribution >= 0.6 is 39.9 Å². The third-order valence-corrected chi connectivity index (χ3v) is 6.30. The fourth-order valence-electron chi connectivity index (χ4n) is 2.51. The van der Waals surface area contributed by atoms with Gasteiger partial charge in [0.25, 0.3) is 0 Å². The first-order chi connectivity index (χ1) is 11.4. The molecule has 1 heterocycles. The molecule has 10 heteroatoms. The Morgan fingerprint density at radius 3 is 2.48 bits per heavy atom. The zero-order chi connectivity index (χ0) is 17.7. The lowest BCUT2D eigenvalue weighted by Crippen LogP contribution is -2.43. The van der Waals surface area contributed by atoms with Crippen LogP contribution in [0, 0.1) is 0 Å². The zero-order valence-electron chi connectivity index (χ0n) is 14.3. The molecule has 1 aliphatic rings. The summed E-state index contributed by atoms with van der Waals surface area (Å²) in [5.74, 6) is 2.23. The fraction of sp³-hybridized carbons (Fsp3) is 0.533. The van der Waals surface area contributed by atoms with Gasteiger partial charge in [0, 0.05) is 24.1 Å². The minimum Gasteiger partial charge on any atom is -0.493 e. The Kier molecular flexibility index (Phi) is 8.75. The molecule has 1 aromatic rings. The maximum absolute atomic E-state index is 11.5. The van der Waals surface area contributed by atoms with Crippen molar-refractivity contribution in [1.29, 1.82) is 0 Å². The molecule has 1 atom stereocenters. The Bertz CT molecular complexity index is 728. The van der Waals surface area contributed by atoms with Crippen LogP contribution < -0.4 is 20.1 Å². The minimum absolute atomic E-state index is 0. The van der Waals surface area contributed by atoms with Gasteiger partial charge in [0.15, 0.2) is 27.3 Å². The van der Waals surface area contributed by atoms with E-state index < -0.39 is 9.84 Å². The van der Waals surface area contributed by atoms with Gasteiger partial charge in [-0.3, -0.25) is 4.99 Å². The van der Waals surface area contributed by atoms with E-state index in [2.05, 4.69) is 31.6 Å². The number of nitrogens with one attached hydrogen (secondary N) is 2. The van der Waals surface area contributed by atoms with Gasteiger partial charge in [-0.2, -0.15) is 0 Å². The number of hydrogen-bond acceptors (Lipinski definition) is 5. The molecule has 1 aliphatic heterocycles. The molecular weight excluding hydrogens is 525 g/mol. The molecule has 25 heavy (non-hydrogen) atoms. The van der Waals surface area contributed by atoms with Gasteiger partial charge in [0.1, 0.15) is 0 Å². The highest BCUT2D eigenvalue weighted by molar-refractivity contribution is 14.0.